The molecule has 0 spiro atoms. The Balaban J connectivity index is 2.64. The molecule has 88 valence electrons. The van der Waals surface area contributed by atoms with E-state index in [-0.39, 0.29) is 0 Å². The third-order valence-electron chi connectivity index (χ3n) is 3.05. The maximum Gasteiger partial charge on any atom is 0.139 e. The van der Waals surface area contributed by atoms with Crippen molar-refractivity contribution in [1.82, 2.24) is 9.97 Å². The number of anilines is 1. The summed E-state index contributed by atoms with van der Waals surface area (Å²) in [6.07, 6.45) is 4.58. The van der Waals surface area contributed by atoms with E-state index in [2.05, 4.69) is 30.4 Å². The zero-order valence-electron chi connectivity index (χ0n) is 10.2. The quantitative estimate of drug-likeness (QED) is 0.788. The van der Waals surface area contributed by atoms with Gasteiger partial charge < -0.3 is 10.7 Å². The van der Waals surface area contributed by atoms with Crippen molar-refractivity contribution >= 4 is 22.3 Å². The second-order valence-electron chi connectivity index (χ2n) is 4.10. The first-order valence-electron chi connectivity index (χ1n) is 5.73. The minimum absolute atomic E-state index is 0.745. The van der Waals surface area contributed by atoms with Crippen LogP contribution in [0.25, 0.3) is 16.6 Å². The van der Waals surface area contributed by atoms with E-state index in [0.717, 1.165) is 34.4 Å². The van der Waals surface area contributed by atoms with Gasteiger partial charge in [-0.05, 0) is 31.1 Å². The standard InChI is InChI=1S/C14H17N3/c1-4-9(3)10(5-2)13-8-11-12(15)6-7-16-14(11)17-13/h5-8H,2,4H2,1,3H3,(H3,15,16,17)/b10-9-. The van der Waals surface area contributed by atoms with Gasteiger partial charge in [0.1, 0.15) is 5.65 Å². The minimum atomic E-state index is 0.745. The maximum absolute atomic E-state index is 5.92. The highest BCUT2D eigenvalue weighted by Crippen LogP contribution is 2.26. The van der Waals surface area contributed by atoms with Crippen LogP contribution in [0.15, 0.2) is 36.6 Å². The Morgan fingerprint density at radius 3 is 2.94 bits per heavy atom. The maximum atomic E-state index is 5.92. The molecule has 2 heterocycles. The second-order valence-corrected chi connectivity index (χ2v) is 4.10. The lowest BCUT2D eigenvalue weighted by atomic mass is 10.0. The molecule has 0 saturated carbocycles. The van der Waals surface area contributed by atoms with Crippen molar-refractivity contribution in [2.45, 2.75) is 20.3 Å². The van der Waals surface area contributed by atoms with Gasteiger partial charge in [0, 0.05) is 23.0 Å². The van der Waals surface area contributed by atoms with Crippen molar-refractivity contribution in [3.05, 3.63) is 42.3 Å². The number of fused-ring (bicyclic) bond motifs is 1. The van der Waals surface area contributed by atoms with Crippen molar-refractivity contribution in [2.24, 2.45) is 0 Å². The average molecular weight is 227 g/mol. The van der Waals surface area contributed by atoms with Crippen LogP contribution in [0.5, 0.6) is 0 Å². The third-order valence-corrected chi connectivity index (χ3v) is 3.05. The molecule has 0 unspecified atom stereocenters. The highest BCUT2D eigenvalue weighted by atomic mass is 14.9. The lowest BCUT2D eigenvalue weighted by Gasteiger charge is -2.03. The van der Waals surface area contributed by atoms with Gasteiger partial charge in [0.15, 0.2) is 0 Å². The summed E-state index contributed by atoms with van der Waals surface area (Å²) in [7, 11) is 0. The van der Waals surface area contributed by atoms with E-state index in [9.17, 15) is 0 Å². The Kier molecular flexibility index (Phi) is 3.00. The van der Waals surface area contributed by atoms with Crippen LogP contribution >= 0.6 is 0 Å². The number of pyridine rings is 1. The summed E-state index contributed by atoms with van der Waals surface area (Å²) >= 11 is 0. The third kappa shape index (κ3) is 1.96. The predicted molar refractivity (Wildman–Crippen MR) is 73.6 cm³/mol. The van der Waals surface area contributed by atoms with E-state index in [4.69, 9.17) is 5.73 Å². The van der Waals surface area contributed by atoms with Gasteiger partial charge in [-0.25, -0.2) is 4.98 Å². The number of rotatable bonds is 3. The first-order chi connectivity index (χ1) is 8.17. The van der Waals surface area contributed by atoms with Crippen LogP contribution < -0.4 is 5.73 Å². The molecule has 0 aliphatic rings. The fraction of sp³-hybridized carbons (Fsp3) is 0.214. The van der Waals surface area contributed by atoms with Gasteiger partial charge >= 0.3 is 0 Å². The van der Waals surface area contributed by atoms with Gasteiger partial charge in [-0.3, -0.25) is 0 Å². The van der Waals surface area contributed by atoms with Gasteiger partial charge in [-0.1, -0.05) is 25.2 Å². The van der Waals surface area contributed by atoms with Crippen molar-refractivity contribution in [1.29, 1.82) is 0 Å². The Morgan fingerprint density at radius 1 is 1.59 bits per heavy atom. The number of H-pyrrole nitrogens is 1. The molecule has 0 aliphatic heterocycles. The van der Waals surface area contributed by atoms with E-state index in [0.29, 0.717) is 0 Å². The molecule has 3 N–H and O–H groups in total. The summed E-state index contributed by atoms with van der Waals surface area (Å²) in [6.45, 7) is 8.11. The van der Waals surface area contributed by atoms with Crippen LogP contribution in [0.3, 0.4) is 0 Å². The number of allylic oxidation sites excluding steroid dienone is 3. The van der Waals surface area contributed by atoms with E-state index in [1.54, 1.807) is 6.20 Å². The minimum Gasteiger partial charge on any atom is -0.398 e. The van der Waals surface area contributed by atoms with Crippen molar-refractivity contribution in [2.75, 3.05) is 5.73 Å². The molecule has 3 heteroatoms. The number of aromatic nitrogens is 2. The summed E-state index contributed by atoms with van der Waals surface area (Å²) in [5, 5.41) is 0.964. The Bertz CT molecular complexity index is 591. The molecular weight excluding hydrogens is 210 g/mol. The highest BCUT2D eigenvalue weighted by Gasteiger charge is 2.08. The lowest BCUT2D eigenvalue weighted by Crippen LogP contribution is -1.86. The van der Waals surface area contributed by atoms with Gasteiger partial charge in [0.2, 0.25) is 0 Å². The topological polar surface area (TPSA) is 54.7 Å². The molecule has 2 aromatic heterocycles. The molecule has 3 nitrogen and oxygen atoms in total. The molecule has 17 heavy (non-hydrogen) atoms. The molecule has 2 aromatic rings. The molecule has 0 aromatic carbocycles. The number of aromatic amines is 1. The summed E-state index contributed by atoms with van der Waals surface area (Å²) < 4.78 is 0. The van der Waals surface area contributed by atoms with Crippen LogP contribution in [-0.2, 0) is 0 Å². The smallest absolute Gasteiger partial charge is 0.139 e. The summed E-state index contributed by atoms with van der Waals surface area (Å²) in [4.78, 5) is 7.55. The summed E-state index contributed by atoms with van der Waals surface area (Å²) in [6, 6.07) is 3.85. The van der Waals surface area contributed by atoms with Gasteiger partial charge in [0.05, 0.1) is 0 Å². The number of hydrogen-bond donors (Lipinski definition) is 2. The molecule has 0 aliphatic carbocycles. The summed E-state index contributed by atoms with van der Waals surface area (Å²) in [5.41, 5.74) is 10.9. The van der Waals surface area contributed by atoms with Crippen LogP contribution in [0, 0.1) is 0 Å². The fourth-order valence-corrected chi connectivity index (χ4v) is 1.90. The van der Waals surface area contributed by atoms with Crippen molar-refractivity contribution < 1.29 is 0 Å². The Labute approximate surface area is 101 Å². The highest BCUT2D eigenvalue weighted by molar-refractivity contribution is 5.92. The van der Waals surface area contributed by atoms with Crippen LogP contribution in [-0.4, -0.2) is 9.97 Å². The van der Waals surface area contributed by atoms with Gasteiger partial charge in [0.25, 0.3) is 0 Å². The van der Waals surface area contributed by atoms with E-state index in [1.165, 1.54) is 5.57 Å². The lowest BCUT2D eigenvalue weighted by molar-refractivity contribution is 1.10. The van der Waals surface area contributed by atoms with Gasteiger partial charge in [-0.15, -0.1) is 0 Å². The summed E-state index contributed by atoms with van der Waals surface area (Å²) in [5.74, 6) is 0. The van der Waals surface area contributed by atoms with Gasteiger partial charge in [-0.2, -0.15) is 0 Å². The van der Waals surface area contributed by atoms with Crippen molar-refractivity contribution in [3.8, 4) is 0 Å². The first kappa shape index (κ1) is 11.5. The molecule has 0 saturated heterocycles. The monoisotopic (exact) mass is 227 g/mol. The van der Waals surface area contributed by atoms with Crippen LogP contribution in [0.4, 0.5) is 5.69 Å². The molecule has 0 radical (unpaired) electrons. The number of nitrogens with two attached hydrogens (primary N) is 1. The first-order valence-corrected chi connectivity index (χ1v) is 5.73. The SMILES string of the molecule is C=C/C(=C(\C)CC)c1cc2c(N)ccnc2[nH]1. The zero-order chi connectivity index (χ0) is 12.4. The molecule has 0 amide bonds. The number of nitrogen functional groups attached to an aromatic ring is 1. The molecule has 0 bridgehead atoms. The zero-order valence-corrected chi connectivity index (χ0v) is 10.2. The van der Waals surface area contributed by atoms with Crippen molar-refractivity contribution in [3.63, 3.8) is 0 Å². The normalized spacial score (nSPS) is 12.6. The number of hydrogen-bond acceptors (Lipinski definition) is 2. The largest absolute Gasteiger partial charge is 0.398 e. The molecule has 0 fully saturated rings. The number of nitrogens with one attached hydrogen (secondary N) is 1. The Morgan fingerprint density at radius 2 is 2.35 bits per heavy atom. The number of nitrogens with zero attached hydrogens (tertiary/aromatic N) is 1. The Hall–Kier alpha value is -2.03. The second kappa shape index (κ2) is 4.45. The fourth-order valence-electron chi connectivity index (χ4n) is 1.90. The van der Waals surface area contributed by atoms with Crippen LogP contribution in [0.2, 0.25) is 0 Å². The van der Waals surface area contributed by atoms with E-state index >= 15 is 0 Å². The van der Waals surface area contributed by atoms with E-state index in [1.807, 2.05) is 18.2 Å². The van der Waals surface area contributed by atoms with E-state index < -0.39 is 0 Å². The molecular formula is C14H17N3. The molecule has 2 rings (SSSR count). The molecule has 0 atom stereocenters. The average Bonchev–Trinajstić information content (AvgIpc) is 2.75. The van der Waals surface area contributed by atoms with Crippen LogP contribution in [0.1, 0.15) is 26.0 Å². The predicted octanol–water partition coefficient (Wildman–Crippen LogP) is 3.51.